The smallest absolute Gasteiger partial charge is 0.0708 e. The number of benzene rings is 1. The molecule has 0 saturated carbocycles. The van der Waals surface area contributed by atoms with E-state index in [0.717, 1.165) is 25.0 Å². The molecule has 106 valence electrons. The van der Waals surface area contributed by atoms with Crippen LogP contribution < -0.4 is 0 Å². The molecule has 0 fully saturated rings. The molecule has 0 saturated heterocycles. The van der Waals surface area contributed by atoms with E-state index >= 15 is 0 Å². The highest BCUT2D eigenvalue weighted by atomic mass is 15.2. The first-order valence-electron chi connectivity index (χ1n) is 7.59. The van der Waals surface area contributed by atoms with E-state index in [4.69, 9.17) is 4.98 Å². The van der Waals surface area contributed by atoms with E-state index in [1.807, 2.05) is 0 Å². The van der Waals surface area contributed by atoms with Gasteiger partial charge in [0.15, 0.2) is 0 Å². The van der Waals surface area contributed by atoms with Gasteiger partial charge in [0.1, 0.15) is 0 Å². The maximum Gasteiger partial charge on any atom is 0.0708 e. The number of hydrogen-bond acceptors (Lipinski definition) is 2. The molecule has 0 atom stereocenters. The molecule has 1 aliphatic heterocycles. The summed E-state index contributed by atoms with van der Waals surface area (Å²) in [4.78, 5) is 7.51. The molecule has 2 nitrogen and oxygen atoms in total. The second kappa shape index (κ2) is 4.85. The number of pyridine rings is 1. The van der Waals surface area contributed by atoms with Crippen molar-refractivity contribution >= 4 is 10.9 Å². The maximum absolute atomic E-state index is 4.93. The van der Waals surface area contributed by atoms with Crippen LogP contribution in [0.25, 0.3) is 10.9 Å². The minimum atomic E-state index is 0.222. The van der Waals surface area contributed by atoms with Gasteiger partial charge in [0.05, 0.1) is 5.52 Å². The van der Waals surface area contributed by atoms with E-state index in [9.17, 15) is 0 Å². The Morgan fingerprint density at radius 2 is 1.90 bits per heavy atom. The van der Waals surface area contributed by atoms with Gasteiger partial charge >= 0.3 is 0 Å². The van der Waals surface area contributed by atoms with Crippen molar-refractivity contribution in [3.05, 3.63) is 41.1 Å². The number of aryl methyl sites for hydroxylation is 2. The Balaban J connectivity index is 2.13. The summed E-state index contributed by atoms with van der Waals surface area (Å²) in [5, 5.41) is 1.31. The lowest BCUT2D eigenvalue weighted by Gasteiger charge is -2.35. The molecule has 0 aliphatic carbocycles. The van der Waals surface area contributed by atoms with Gasteiger partial charge < -0.3 is 0 Å². The van der Waals surface area contributed by atoms with E-state index in [1.165, 1.54) is 28.6 Å². The van der Waals surface area contributed by atoms with Crippen molar-refractivity contribution in [2.75, 3.05) is 6.54 Å². The Morgan fingerprint density at radius 3 is 2.65 bits per heavy atom. The zero-order chi connectivity index (χ0) is 14.3. The highest BCUT2D eigenvalue weighted by Crippen LogP contribution is 2.29. The molecular formula is C18H24N2. The fourth-order valence-corrected chi connectivity index (χ4v) is 3.18. The number of rotatable bonds is 0. The minimum absolute atomic E-state index is 0.222. The van der Waals surface area contributed by atoms with Gasteiger partial charge in [-0.2, -0.15) is 0 Å². The van der Waals surface area contributed by atoms with Crippen molar-refractivity contribution in [1.82, 2.24) is 9.88 Å². The number of fused-ring (bicyclic) bond motifs is 2. The van der Waals surface area contributed by atoms with Gasteiger partial charge in [-0.3, -0.25) is 9.88 Å². The molecule has 0 bridgehead atoms. The van der Waals surface area contributed by atoms with Crippen LogP contribution in [0.2, 0.25) is 0 Å². The fraction of sp³-hybridized carbons (Fsp3) is 0.500. The summed E-state index contributed by atoms with van der Waals surface area (Å²) in [6.07, 6.45) is 2.31. The SMILES string of the molecule is Cc1c2c(nc3ccccc13)CCCN(C(C)(C)C)C2. The summed E-state index contributed by atoms with van der Waals surface area (Å²) in [5.41, 5.74) is 5.55. The number of hydrogen-bond donors (Lipinski definition) is 0. The first-order valence-corrected chi connectivity index (χ1v) is 7.59. The molecule has 1 aromatic carbocycles. The standard InChI is InChI=1S/C18H24N2/c1-13-14-8-5-6-9-16(14)19-17-10-7-11-20(12-15(13)17)18(2,3)4/h5-6,8-9H,7,10-12H2,1-4H3. The Morgan fingerprint density at radius 1 is 1.15 bits per heavy atom. The van der Waals surface area contributed by atoms with Crippen molar-refractivity contribution in [3.63, 3.8) is 0 Å². The van der Waals surface area contributed by atoms with Crippen LogP contribution in [0.5, 0.6) is 0 Å². The number of nitrogens with zero attached hydrogens (tertiary/aromatic N) is 2. The molecule has 2 aromatic rings. The molecule has 20 heavy (non-hydrogen) atoms. The van der Waals surface area contributed by atoms with Crippen molar-refractivity contribution in [3.8, 4) is 0 Å². The summed E-state index contributed by atoms with van der Waals surface area (Å²) < 4.78 is 0. The van der Waals surface area contributed by atoms with Crippen LogP contribution in [0.3, 0.4) is 0 Å². The zero-order valence-corrected chi connectivity index (χ0v) is 13.0. The molecule has 2 heterocycles. The normalized spacial score (nSPS) is 17.0. The summed E-state index contributed by atoms with van der Waals surface area (Å²) in [5.74, 6) is 0. The number of para-hydroxylation sites is 1. The Kier molecular flexibility index (Phi) is 3.29. The summed E-state index contributed by atoms with van der Waals surface area (Å²) in [7, 11) is 0. The fourth-order valence-electron chi connectivity index (χ4n) is 3.18. The van der Waals surface area contributed by atoms with E-state index in [0.29, 0.717) is 0 Å². The topological polar surface area (TPSA) is 16.1 Å². The molecule has 0 amide bonds. The Bertz CT molecular complexity index is 638. The maximum atomic E-state index is 4.93. The minimum Gasteiger partial charge on any atom is -0.294 e. The van der Waals surface area contributed by atoms with Crippen LogP contribution in [-0.4, -0.2) is 22.0 Å². The lowest BCUT2D eigenvalue weighted by molar-refractivity contribution is 0.130. The lowest BCUT2D eigenvalue weighted by atomic mass is 9.99. The third-order valence-electron chi connectivity index (χ3n) is 4.50. The van der Waals surface area contributed by atoms with Crippen molar-refractivity contribution in [2.24, 2.45) is 0 Å². The van der Waals surface area contributed by atoms with Crippen molar-refractivity contribution in [2.45, 2.75) is 52.6 Å². The van der Waals surface area contributed by atoms with E-state index in [-0.39, 0.29) is 5.54 Å². The lowest BCUT2D eigenvalue weighted by Crippen LogP contribution is -2.40. The second-order valence-electron chi connectivity index (χ2n) is 6.88. The average Bonchev–Trinajstić information content (AvgIpc) is 2.61. The van der Waals surface area contributed by atoms with Gasteiger partial charge in [-0.25, -0.2) is 0 Å². The summed E-state index contributed by atoms with van der Waals surface area (Å²) >= 11 is 0. The van der Waals surface area contributed by atoms with Gasteiger partial charge in [-0.05, 0) is 64.3 Å². The Labute approximate surface area is 121 Å². The van der Waals surface area contributed by atoms with Crippen LogP contribution in [-0.2, 0) is 13.0 Å². The monoisotopic (exact) mass is 268 g/mol. The van der Waals surface area contributed by atoms with E-state index in [2.05, 4.69) is 56.9 Å². The molecule has 0 unspecified atom stereocenters. The molecular weight excluding hydrogens is 244 g/mol. The van der Waals surface area contributed by atoms with Gasteiger partial charge in [0, 0.05) is 23.2 Å². The van der Waals surface area contributed by atoms with Crippen LogP contribution >= 0.6 is 0 Å². The van der Waals surface area contributed by atoms with E-state index in [1.54, 1.807) is 0 Å². The molecule has 2 heteroatoms. The van der Waals surface area contributed by atoms with Gasteiger partial charge in [0.25, 0.3) is 0 Å². The zero-order valence-electron chi connectivity index (χ0n) is 13.0. The predicted molar refractivity (Wildman–Crippen MR) is 85.0 cm³/mol. The quantitative estimate of drug-likeness (QED) is 0.715. The van der Waals surface area contributed by atoms with Gasteiger partial charge in [-0.15, -0.1) is 0 Å². The Hall–Kier alpha value is -1.41. The van der Waals surface area contributed by atoms with Crippen LogP contribution in [0.1, 0.15) is 44.0 Å². The van der Waals surface area contributed by atoms with Gasteiger partial charge in [-0.1, -0.05) is 18.2 Å². The van der Waals surface area contributed by atoms with Crippen LogP contribution in [0.4, 0.5) is 0 Å². The summed E-state index contributed by atoms with van der Waals surface area (Å²) in [6.45, 7) is 11.4. The van der Waals surface area contributed by atoms with Crippen molar-refractivity contribution < 1.29 is 0 Å². The molecule has 0 N–H and O–H groups in total. The first kappa shape index (κ1) is 13.6. The molecule has 1 aliphatic rings. The third-order valence-corrected chi connectivity index (χ3v) is 4.50. The van der Waals surface area contributed by atoms with Crippen LogP contribution in [0.15, 0.2) is 24.3 Å². The summed E-state index contributed by atoms with van der Waals surface area (Å²) in [6, 6.07) is 8.53. The second-order valence-corrected chi connectivity index (χ2v) is 6.88. The predicted octanol–water partition coefficient (Wildman–Crippen LogP) is 4.09. The average molecular weight is 268 g/mol. The third kappa shape index (κ3) is 2.33. The van der Waals surface area contributed by atoms with E-state index < -0.39 is 0 Å². The highest BCUT2D eigenvalue weighted by Gasteiger charge is 2.26. The van der Waals surface area contributed by atoms with Crippen LogP contribution in [0, 0.1) is 6.92 Å². The largest absolute Gasteiger partial charge is 0.294 e. The number of aromatic nitrogens is 1. The molecule has 0 spiro atoms. The molecule has 3 rings (SSSR count). The first-order chi connectivity index (χ1) is 9.47. The highest BCUT2D eigenvalue weighted by molar-refractivity contribution is 5.83. The molecule has 0 radical (unpaired) electrons. The van der Waals surface area contributed by atoms with Crippen molar-refractivity contribution in [1.29, 1.82) is 0 Å². The molecule has 1 aromatic heterocycles. The van der Waals surface area contributed by atoms with Gasteiger partial charge in [0.2, 0.25) is 0 Å².